The number of rotatable bonds is 7. The van der Waals surface area contributed by atoms with Gasteiger partial charge in [0.1, 0.15) is 0 Å². The number of nitrogens with one attached hydrogen (secondary N) is 1. The Morgan fingerprint density at radius 3 is 2.25 bits per heavy atom. The molecular weight excluding hydrogens is 382 g/mol. The number of anilines is 1. The highest BCUT2D eigenvalue weighted by molar-refractivity contribution is 6.30. The smallest absolute Gasteiger partial charge is 0.257 e. The van der Waals surface area contributed by atoms with E-state index in [4.69, 9.17) is 25.8 Å². The molecule has 1 heterocycles. The first-order valence-electron chi connectivity index (χ1n) is 8.43. The molecule has 0 radical (unpaired) electrons. The number of amides is 1. The maximum absolute atomic E-state index is 12.6. The summed E-state index contributed by atoms with van der Waals surface area (Å²) in [5.41, 5.74) is 1.41. The molecule has 0 aliphatic rings. The molecule has 1 N–H and O–H groups in total. The van der Waals surface area contributed by atoms with Gasteiger partial charge in [-0.3, -0.25) is 9.48 Å². The number of benzene rings is 2. The van der Waals surface area contributed by atoms with Crippen molar-refractivity contribution in [2.45, 2.75) is 6.54 Å². The molecular formula is C20H20ClN3O4. The number of carbonyl (C=O) groups excluding carboxylic acids is 1. The van der Waals surface area contributed by atoms with Gasteiger partial charge in [-0.1, -0.05) is 23.7 Å². The lowest BCUT2D eigenvalue weighted by Crippen LogP contribution is -2.13. The minimum absolute atomic E-state index is 0.337. The Morgan fingerprint density at radius 2 is 1.68 bits per heavy atom. The van der Waals surface area contributed by atoms with Gasteiger partial charge in [0.05, 0.1) is 27.9 Å². The first-order valence-corrected chi connectivity index (χ1v) is 8.81. The van der Waals surface area contributed by atoms with Crippen molar-refractivity contribution in [1.82, 2.24) is 9.78 Å². The van der Waals surface area contributed by atoms with Crippen LogP contribution in [-0.2, 0) is 6.54 Å². The molecule has 0 saturated carbocycles. The number of aromatic nitrogens is 2. The van der Waals surface area contributed by atoms with Crippen LogP contribution in [0.3, 0.4) is 0 Å². The molecule has 0 atom stereocenters. The Morgan fingerprint density at radius 1 is 1.04 bits per heavy atom. The largest absolute Gasteiger partial charge is 0.493 e. The highest BCUT2D eigenvalue weighted by atomic mass is 35.5. The number of halogens is 1. The number of ether oxygens (including phenoxy) is 3. The van der Waals surface area contributed by atoms with Crippen LogP contribution in [0.5, 0.6) is 17.2 Å². The van der Waals surface area contributed by atoms with Gasteiger partial charge in [-0.15, -0.1) is 0 Å². The van der Waals surface area contributed by atoms with E-state index in [0.717, 1.165) is 5.56 Å². The van der Waals surface area contributed by atoms with E-state index in [9.17, 15) is 4.79 Å². The number of nitrogens with zero attached hydrogens (tertiary/aromatic N) is 2. The molecule has 146 valence electrons. The van der Waals surface area contributed by atoms with E-state index in [1.165, 1.54) is 21.3 Å². The fraction of sp³-hybridized carbons (Fsp3) is 0.200. The number of methoxy groups -OCH3 is 3. The van der Waals surface area contributed by atoms with E-state index < -0.39 is 0 Å². The summed E-state index contributed by atoms with van der Waals surface area (Å²) in [6.07, 6.45) is 1.79. The van der Waals surface area contributed by atoms with Crippen molar-refractivity contribution in [3.63, 3.8) is 0 Å². The third-order valence-electron chi connectivity index (χ3n) is 4.07. The molecule has 7 nitrogen and oxygen atoms in total. The van der Waals surface area contributed by atoms with E-state index in [2.05, 4.69) is 10.4 Å². The Labute approximate surface area is 167 Å². The fourth-order valence-electron chi connectivity index (χ4n) is 2.69. The number of hydrogen-bond donors (Lipinski definition) is 1. The average molecular weight is 402 g/mol. The second kappa shape index (κ2) is 8.67. The highest BCUT2D eigenvalue weighted by Crippen LogP contribution is 2.38. The Balaban J connectivity index is 1.74. The van der Waals surface area contributed by atoms with Gasteiger partial charge in [-0.05, 0) is 29.8 Å². The van der Waals surface area contributed by atoms with Crippen molar-refractivity contribution in [1.29, 1.82) is 0 Å². The summed E-state index contributed by atoms with van der Waals surface area (Å²) < 4.78 is 17.6. The van der Waals surface area contributed by atoms with Crippen molar-refractivity contribution >= 4 is 23.3 Å². The predicted octanol–water partition coefficient (Wildman–Crippen LogP) is 3.86. The van der Waals surface area contributed by atoms with Gasteiger partial charge < -0.3 is 19.5 Å². The molecule has 28 heavy (non-hydrogen) atoms. The standard InChI is InChI=1S/C20H20ClN3O4/c1-26-16-10-14(11-17(27-2)19(16)28-3)20(25)22-18-8-9-24(23-18)12-13-4-6-15(21)7-5-13/h4-11H,12H2,1-3H3,(H,22,23,25). The third-order valence-corrected chi connectivity index (χ3v) is 4.32. The molecule has 0 bridgehead atoms. The summed E-state index contributed by atoms with van der Waals surface area (Å²) in [6.45, 7) is 0.567. The van der Waals surface area contributed by atoms with E-state index in [1.807, 2.05) is 24.3 Å². The van der Waals surface area contributed by atoms with Crippen molar-refractivity contribution in [3.8, 4) is 17.2 Å². The molecule has 0 saturated heterocycles. The predicted molar refractivity (Wildman–Crippen MR) is 107 cm³/mol. The normalized spacial score (nSPS) is 10.4. The lowest BCUT2D eigenvalue weighted by Gasteiger charge is -2.13. The van der Waals surface area contributed by atoms with E-state index in [0.29, 0.717) is 40.2 Å². The van der Waals surface area contributed by atoms with Crippen LogP contribution in [0, 0.1) is 0 Å². The highest BCUT2D eigenvalue weighted by Gasteiger charge is 2.17. The summed E-state index contributed by atoms with van der Waals surface area (Å²) >= 11 is 5.90. The Kier molecular flexibility index (Phi) is 6.06. The zero-order valence-electron chi connectivity index (χ0n) is 15.7. The minimum Gasteiger partial charge on any atom is -0.493 e. The lowest BCUT2D eigenvalue weighted by atomic mass is 10.1. The minimum atomic E-state index is -0.337. The SMILES string of the molecule is COc1cc(C(=O)Nc2ccn(Cc3ccc(Cl)cc3)n2)cc(OC)c1OC. The number of carbonyl (C=O) groups is 1. The molecule has 1 aromatic heterocycles. The molecule has 2 aromatic carbocycles. The van der Waals surface area contributed by atoms with Crippen LogP contribution in [0.2, 0.25) is 5.02 Å². The summed E-state index contributed by atoms with van der Waals surface area (Å²) in [7, 11) is 4.50. The second-order valence-corrected chi connectivity index (χ2v) is 6.33. The third kappa shape index (κ3) is 4.37. The molecule has 0 fully saturated rings. The van der Waals surface area contributed by atoms with E-state index in [-0.39, 0.29) is 5.91 Å². The van der Waals surface area contributed by atoms with Gasteiger partial charge in [0.25, 0.3) is 5.91 Å². The van der Waals surface area contributed by atoms with Gasteiger partial charge in [0.15, 0.2) is 17.3 Å². The molecule has 0 spiro atoms. The zero-order chi connectivity index (χ0) is 20.1. The molecule has 0 aliphatic carbocycles. The molecule has 0 aliphatic heterocycles. The topological polar surface area (TPSA) is 74.6 Å². The van der Waals surface area contributed by atoms with Gasteiger partial charge in [-0.25, -0.2) is 0 Å². The van der Waals surface area contributed by atoms with Gasteiger partial charge >= 0.3 is 0 Å². The maximum atomic E-state index is 12.6. The van der Waals surface area contributed by atoms with Crippen molar-refractivity contribution in [3.05, 3.63) is 64.8 Å². The van der Waals surface area contributed by atoms with Crippen LogP contribution in [0.15, 0.2) is 48.7 Å². The van der Waals surface area contributed by atoms with Gasteiger partial charge in [-0.2, -0.15) is 5.10 Å². The van der Waals surface area contributed by atoms with Crippen LogP contribution in [0.1, 0.15) is 15.9 Å². The van der Waals surface area contributed by atoms with Gasteiger partial charge in [0, 0.05) is 22.8 Å². The van der Waals surface area contributed by atoms with E-state index >= 15 is 0 Å². The summed E-state index contributed by atoms with van der Waals surface area (Å²) in [5, 5.41) is 7.83. The van der Waals surface area contributed by atoms with Crippen molar-refractivity contribution in [2.75, 3.05) is 26.6 Å². The van der Waals surface area contributed by atoms with Crippen molar-refractivity contribution < 1.29 is 19.0 Å². The quantitative estimate of drug-likeness (QED) is 0.650. The summed E-state index contributed by atoms with van der Waals surface area (Å²) in [4.78, 5) is 12.6. The Hall–Kier alpha value is -3.19. The van der Waals surface area contributed by atoms with Crippen LogP contribution in [-0.4, -0.2) is 37.0 Å². The van der Waals surface area contributed by atoms with Crippen LogP contribution in [0.25, 0.3) is 0 Å². The Bertz CT molecular complexity index is 945. The maximum Gasteiger partial charge on any atom is 0.257 e. The first-order chi connectivity index (χ1) is 13.5. The zero-order valence-corrected chi connectivity index (χ0v) is 16.5. The van der Waals surface area contributed by atoms with Crippen LogP contribution < -0.4 is 19.5 Å². The van der Waals surface area contributed by atoms with E-state index in [1.54, 1.807) is 29.1 Å². The first kappa shape index (κ1) is 19.6. The second-order valence-electron chi connectivity index (χ2n) is 5.89. The summed E-state index contributed by atoms with van der Waals surface area (Å²) in [5.74, 6) is 1.33. The monoisotopic (exact) mass is 401 g/mol. The van der Waals surface area contributed by atoms with Crippen LogP contribution >= 0.6 is 11.6 Å². The van der Waals surface area contributed by atoms with Gasteiger partial charge in [0.2, 0.25) is 5.75 Å². The fourth-order valence-corrected chi connectivity index (χ4v) is 2.82. The molecule has 3 aromatic rings. The van der Waals surface area contributed by atoms with Crippen molar-refractivity contribution in [2.24, 2.45) is 0 Å². The lowest BCUT2D eigenvalue weighted by molar-refractivity contribution is 0.102. The molecule has 1 amide bonds. The summed E-state index contributed by atoms with van der Waals surface area (Å²) in [6, 6.07) is 12.4. The molecule has 8 heteroatoms. The molecule has 0 unspecified atom stereocenters. The molecule has 3 rings (SSSR count). The average Bonchev–Trinajstić information content (AvgIpc) is 3.15. The number of hydrogen-bond acceptors (Lipinski definition) is 5. The van der Waals surface area contributed by atoms with Crippen LogP contribution in [0.4, 0.5) is 5.82 Å².